The summed E-state index contributed by atoms with van der Waals surface area (Å²) in [6.07, 6.45) is 7.93. The number of rotatable bonds is 4. The normalized spacial score (nSPS) is 17.0. The van der Waals surface area contributed by atoms with Gasteiger partial charge in [-0.1, -0.05) is 11.6 Å². The van der Waals surface area contributed by atoms with Crippen molar-refractivity contribution in [1.82, 2.24) is 29.1 Å². The Hall–Kier alpha value is -3.41. The maximum atomic E-state index is 13.7. The minimum atomic E-state index is -1.26. The van der Waals surface area contributed by atoms with Crippen molar-refractivity contribution in [2.45, 2.75) is 23.8 Å². The van der Waals surface area contributed by atoms with E-state index in [2.05, 4.69) is 19.9 Å². The third-order valence-corrected chi connectivity index (χ3v) is 7.54. The third kappa shape index (κ3) is 3.49. The van der Waals surface area contributed by atoms with E-state index in [-0.39, 0.29) is 22.1 Å². The number of anilines is 1. The Bertz CT molecular complexity index is 1630. The molecule has 1 saturated heterocycles. The molecule has 178 valence electrons. The number of hydrogen-bond acceptors (Lipinski definition) is 6. The minimum Gasteiger partial charge on any atom is -0.612 e. The fourth-order valence-corrected chi connectivity index (χ4v) is 5.68. The van der Waals surface area contributed by atoms with E-state index < -0.39 is 17.0 Å². The number of aromatic amines is 1. The molecule has 0 spiro atoms. The van der Waals surface area contributed by atoms with Gasteiger partial charge >= 0.3 is 0 Å². The van der Waals surface area contributed by atoms with E-state index in [1.165, 1.54) is 27.5 Å². The van der Waals surface area contributed by atoms with E-state index in [4.69, 9.17) is 16.7 Å². The van der Waals surface area contributed by atoms with Gasteiger partial charge in [0.05, 0.1) is 22.9 Å². The first-order valence-corrected chi connectivity index (χ1v) is 12.9. The van der Waals surface area contributed by atoms with Crippen molar-refractivity contribution in [2.75, 3.05) is 17.7 Å². The summed E-state index contributed by atoms with van der Waals surface area (Å²) in [5, 5.41) is 5.75. The zero-order chi connectivity index (χ0) is 24.3. The highest BCUT2D eigenvalue weighted by atomic mass is 35.5. The summed E-state index contributed by atoms with van der Waals surface area (Å²) in [7, 11) is 0. The molecule has 5 heterocycles. The van der Waals surface area contributed by atoms with Crippen molar-refractivity contribution in [3.05, 3.63) is 76.1 Å². The Balaban J connectivity index is 1.59. The molecule has 0 saturated carbocycles. The minimum absolute atomic E-state index is 0.239. The maximum absolute atomic E-state index is 13.7. The lowest BCUT2D eigenvalue weighted by Gasteiger charge is -2.27. The first-order valence-electron chi connectivity index (χ1n) is 10.9. The highest BCUT2D eigenvalue weighted by molar-refractivity contribution is 7.91. The number of aromatic nitrogens is 6. The fourth-order valence-electron chi connectivity index (χ4n) is 4.75. The van der Waals surface area contributed by atoms with Crippen molar-refractivity contribution in [3.63, 3.8) is 0 Å². The van der Waals surface area contributed by atoms with Crippen LogP contribution in [0.1, 0.15) is 24.7 Å². The van der Waals surface area contributed by atoms with Gasteiger partial charge in [-0.05, 0) is 54.3 Å². The summed E-state index contributed by atoms with van der Waals surface area (Å²) >= 11 is 5.05. The lowest BCUT2D eigenvalue weighted by molar-refractivity contribution is 0.598. The predicted molar refractivity (Wildman–Crippen MR) is 131 cm³/mol. The Morgan fingerprint density at radius 3 is 2.80 bits per heavy atom. The second-order valence-electron chi connectivity index (χ2n) is 8.31. The molecular weight excluding hydrogens is 493 g/mol. The zero-order valence-electron chi connectivity index (χ0n) is 18.5. The standard InChI is InChI=1S/C23H19ClFN7O2S/c1-35(34)17-11-26-20-18(17)22(28-12-27-20)30-9-2-3-16(30)21-29-31-10-8-15(24)19(31)23(33)32(21)14-6-4-13(25)5-7-14/h4-8,10-12,16H,2-3,9H2,1H3,(H,26,27,28)/t16-,35?/m0/s1. The molecule has 6 rings (SSSR count). The average molecular weight is 512 g/mol. The van der Waals surface area contributed by atoms with Crippen molar-refractivity contribution >= 4 is 45.1 Å². The number of nitrogens with one attached hydrogen (secondary N) is 1. The number of fused-ring (bicyclic) bond motifs is 2. The van der Waals surface area contributed by atoms with Gasteiger partial charge in [0.15, 0.2) is 10.7 Å². The molecular formula is C23H19ClFN7O2S. The van der Waals surface area contributed by atoms with Crippen LogP contribution in [0.5, 0.6) is 0 Å². The van der Waals surface area contributed by atoms with Crippen LogP contribution >= 0.6 is 11.6 Å². The van der Waals surface area contributed by atoms with Crippen LogP contribution in [0.25, 0.3) is 22.2 Å². The molecule has 12 heteroatoms. The van der Waals surface area contributed by atoms with Crippen LogP contribution < -0.4 is 10.5 Å². The summed E-state index contributed by atoms with van der Waals surface area (Å²) in [6.45, 7) is 0.654. The van der Waals surface area contributed by atoms with Crippen molar-refractivity contribution in [2.24, 2.45) is 0 Å². The lowest BCUT2D eigenvalue weighted by Crippen LogP contribution is -2.33. The Labute approximate surface area is 206 Å². The summed E-state index contributed by atoms with van der Waals surface area (Å²) < 4.78 is 29.1. The van der Waals surface area contributed by atoms with Crippen LogP contribution in [0.4, 0.5) is 10.2 Å². The molecule has 35 heavy (non-hydrogen) atoms. The molecule has 0 aliphatic carbocycles. The quantitative estimate of drug-likeness (QED) is 0.369. The van der Waals surface area contributed by atoms with E-state index in [0.717, 1.165) is 6.42 Å². The molecule has 1 aromatic carbocycles. The van der Waals surface area contributed by atoms with Gasteiger partial charge in [-0.2, -0.15) is 5.10 Å². The van der Waals surface area contributed by atoms with Crippen molar-refractivity contribution < 1.29 is 8.94 Å². The molecule has 2 atom stereocenters. The van der Waals surface area contributed by atoms with Crippen molar-refractivity contribution in [1.29, 1.82) is 0 Å². The largest absolute Gasteiger partial charge is 0.612 e. The summed E-state index contributed by atoms with van der Waals surface area (Å²) in [4.78, 5) is 28.3. The van der Waals surface area contributed by atoms with E-state index in [0.29, 0.717) is 46.2 Å². The zero-order valence-corrected chi connectivity index (χ0v) is 20.1. The number of benzene rings is 1. The van der Waals surface area contributed by atoms with Gasteiger partial charge in [0, 0.05) is 12.7 Å². The summed E-state index contributed by atoms with van der Waals surface area (Å²) in [5.74, 6) is 0.686. The molecule has 1 aliphatic rings. The second kappa shape index (κ2) is 8.36. The van der Waals surface area contributed by atoms with Crippen LogP contribution in [0, 0.1) is 5.82 Å². The lowest BCUT2D eigenvalue weighted by atomic mass is 10.2. The Kier molecular flexibility index (Phi) is 5.28. The molecule has 4 aromatic heterocycles. The van der Waals surface area contributed by atoms with Gasteiger partial charge in [0.25, 0.3) is 5.56 Å². The SMILES string of the molecule is C[S+]([O-])c1c[nH]c2ncnc(N3CCC[C@H]3c3nn4ccc(Cl)c4c(=O)n3-c3ccc(F)cc3)c12. The smallest absolute Gasteiger partial charge is 0.284 e. The topological polar surface area (TPSA) is 107 Å². The fraction of sp³-hybridized carbons (Fsp3) is 0.217. The monoisotopic (exact) mass is 511 g/mol. The highest BCUT2D eigenvalue weighted by Crippen LogP contribution is 2.39. The summed E-state index contributed by atoms with van der Waals surface area (Å²) in [6, 6.07) is 6.98. The van der Waals surface area contributed by atoms with Gasteiger partial charge < -0.3 is 14.4 Å². The summed E-state index contributed by atoms with van der Waals surface area (Å²) in [5.41, 5.74) is 0.953. The van der Waals surface area contributed by atoms with Crippen molar-refractivity contribution in [3.8, 4) is 5.69 Å². The predicted octanol–water partition coefficient (Wildman–Crippen LogP) is 3.63. The van der Waals surface area contributed by atoms with Crippen LogP contribution in [0.3, 0.4) is 0 Å². The van der Waals surface area contributed by atoms with Gasteiger partial charge in [-0.25, -0.2) is 18.9 Å². The average Bonchev–Trinajstić information content (AvgIpc) is 3.58. The molecule has 0 radical (unpaired) electrons. The van der Waals surface area contributed by atoms with E-state index >= 15 is 0 Å². The molecule has 1 aliphatic heterocycles. The van der Waals surface area contributed by atoms with Crippen LogP contribution in [-0.4, -0.2) is 46.5 Å². The van der Waals surface area contributed by atoms with Gasteiger partial charge in [0.2, 0.25) is 0 Å². The number of hydrogen-bond donors (Lipinski definition) is 1. The first kappa shape index (κ1) is 22.1. The Morgan fingerprint density at radius 1 is 1.23 bits per heavy atom. The van der Waals surface area contributed by atoms with Crippen LogP contribution in [-0.2, 0) is 11.2 Å². The first-order chi connectivity index (χ1) is 16.9. The molecule has 9 nitrogen and oxygen atoms in total. The molecule has 1 N–H and O–H groups in total. The third-order valence-electron chi connectivity index (χ3n) is 6.29. The molecule has 1 fully saturated rings. The molecule has 1 unspecified atom stereocenters. The molecule has 0 bridgehead atoms. The number of H-pyrrole nitrogens is 1. The van der Waals surface area contributed by atoms with Crippen LogP contribution in [0.15, 0.2) is 58.7 Å². The molecule has 0 amide bonds. The van der Waals surface area contributed by atoms with Crippen LogP contribution in [0.2, 0.25) is 5.02 Å². The molecule has 5 aromatic rings. The van der Waals surface area contributed by atoms with E-state index in [9.17, 15) is 13.7 Å². The van der Waals surface area contributed by atoms with E-state index in [1.807, 2.05) is 0 Å². The number of halogens is 2. The van der Waals surface area contributed by atoms with Gasteiger partial charge in [-0.15, -0.1) is 0 Å². The van der Waals surface area contributed by atoms with Gasteiger partial charge in [0.1, 0.15) is 40.8 Å². The second-order valence-corrected chi connectivity index (χ2v) is 10.1. The van der Waals surface area contributed by atoms with E-state index in [1.54, 1.807) is 36.8 Å². The maximum Gasteiger partial charge on any atom is 0.284 e. The number of nitrogens with zero attached hydrogens (tertiary/aromatic N) is 6. The Morgan fingerprint density at radius 2 is 2.03 bits per heavy atom. The van der Waals surface area contributed by atoms with Gasteiger partial charge in [-0.3, -0.25) is 9.36 Å². The highest BCUT2D eigenvalue weighted by Gasteiger charge is 2.35.